The van der Waals surface area contributed by atoms with E-state index in [1.54, 1.807) is 6.07 Å². The molecule has 1 rings (SSSR count). The Kier molecular flexibility index (Phi) is 4.49. The maximum Gasteiger partial charge on any atom is 0.274 e. The van der Waals surface area contributed by atoms with E-state index in [-0.39, 0.29) is 22.9 Å². The van der Waals surface area contributed by atoms with Crippen molar-refractivity contribution in [2.24, 2.45) is 0 Å². The van der Waals surface area contributed by atoms with Gasteiger partial charge in [0.05, 0.1) is 0 Å². The first-order chi connectivity index (χ1) is 8.08. The number of pyridine rings is 1. The molecule has 4 heteroatoms. The van der Waals surface area contributed by atoms with Crippen molar-refractivity contribution in [3.63, 3.8) is 0 Å². The largest absolute Gasteiger partial charge is 0.505 e. The zero-order valence-corrected chi connectivity index (χ0v) is 10.7. The summed E-state index contributed by atoms with van der Waals surface area (Å²) in [6.07, 6.45) is 4.08. The summed E-state index contributed by atoms with van der Waals surface area (Å²) in [5, 5.41) is 12.5. The summed E-state index contributed by atoms with van der Waals surface area (Å²) >= 11 is 0. The SMILES string of the molecule is CCC(CC)(CC)NC(=O)c1ncccc1O. The fraction of sp³-hybridized carbons (Fsp3) is 0.538. The van der Waals surface area contributed by atoms with Crippen LogP contribution in [0.4, 0.5) is 0 Å². The summed E-state index contributed by atoms with van der Waals surface area (Å²) in [7, 11) is 0. The first-order valence-electron chi connectivity index (χ1n) is 6.05. The summed E-state index contributed by atoms with van der Waals surface area (Å²) < 4.78 is 0. The first kappa shape index (κ1) is 13.5. The van der Waals surface area contributed by atoms with Crippen LogP contribution in [0.5, 0.6) is 5.75 Å². The maximum absolute atomic E-state index is 12.0. The Morgan fingerprint density at radius 2 is 1.94 bits per heavy atom. The number of nitrogens with zero attached hydrogens (tertiary/aromatic N) is 1. The molecule has 0 aliphatic rings. The third-order valence-corrected chi connectivity index (χ3v) is 3.41. The Morgan fingerprint density at radius 3 is 2.41 bits per heavy atom. The van der Waals surface area contributed by atoms with Gasteiger partial charge in [-0.3, -0.25) is 4.79 Å². The van der Waals surface area contributed by atoms with Gasteiger partial charge < -0.3 is 10.4 Å². The van der Waals surface area contributed by atoms with Gasteiger partial charge in [0, 0.05) is 11.7 Å². The molecule has 0 spiro atoms. The summed E-state index contributed by atoms with van der Waals surface area (Å²) in [4.78, 5) is 15.9. The molecule has 0 bridgehead atoms. The number of carbonyl (C=O) groups is 1. The van der Waals surface area contributed by atoms with E-state index in [9.17, 15) is 9.90 Å². The highest BCUT2D eigenvalue weighted by Crippen LogP contribution is 2.21. The Morgan fingerprint density at radius 1 is 1.35 bits per heavy atom. The van der Waals surface area contributed by atoms with Gasteiger partial charge in [-0.1, -0.05) is 20.8 Å². The number of amides is 1. The summed E-state index contributed by atoms with van der Waals surface area (Å²) in [5.41, 5.74) is -0.117. The van der Waals surface area contributed by atoms with E-state index >= 15 is 0 Å². The summed E-state index contributed by atoms with van der Waals surface area (Å²) in [5.74, 6) is -0.393. The second kappa shape index (κ2) is 5.66. The zero-order chi connectivity index (χ0) is 12.9. The second-order valence-electron chi connectivity index (χ2n) is 4.17. The topological polar surface area (TPSA) is 62.2 Å². The lowest BCUT2D eigenvalue weighted by Gasteiger charge is -2.31. The van der Waals surface area contributed by atoms with Crippen molar-refractivity contribution in [2.75, 3.05) is 0 Å². The molecular weight excluding hydrogens is 216 g/mol. The number of rotatable bonds is 5. The molecule has 1 aromatic heterocycles. The normalized spacial score (nSPS) is 11.2. The van der Waals surface area contributed by atoms with Crippen LogP contribution in [-0.4, -0.2) is 21.5 Å². The van der Waals surface area contributed by atoms with E-state index < -0.39 is 0 Å². The van der Waals surface area contributed by atoms with Crippen molar-refractivity contribution in [2.45, 2.75) is 45.6 Å². The minimum atomic E-state index is -0.311. The van der Waals surface area contributed by atoms with Gasteiger partial charge in [0.2, 0.25) is 0 Å². The molecule has 1 aromatic rings. The Hall–Kier alpha value is -1.58. The fourth-order valence-electron chi connectivity index (χ4n) is 1.89. The van der Waals surface area contributed by atoms with Crippen LogP contribution in [0.3, 0.4) is 0 Å². The third kappa shape index (κ3) is 2.96. The molecule has 0 aromatic carbocycles. The van der Waals surface area contributed by atoms with Gasteiger partial charge in [0.25, 0.3) is 5.91 Å². The van der Waals surface area contributed by atoms with Crippen LogP contribution < -0.4 is 5.32 Å². The van der Waals surface area contributed by atoms with Crippen LogP contribution in [0, 0.1) is 0 Å². The number of nitrogens with one attached hydrogen (secondary N) is 1. The van der Waals surface area contributed by atoms with Gasteiger partial charge in [-0.2, -0.15) is 0 Å². The van der Waals surface area contributed by atoms with Crippen LogP contribution >= 0.6 is 0 Å². The molecule has 0 saturated carbocycles. The van der Waals surface area contributed by atoms with Crippen molar-refractivity contribution in [1.29, 1.82) is 0 Å². The molecule has 0 fully saturated rings. The molecule has 2 N–H and O–H groups in total. The van der Waals surface area contributed by atoms with Gasteiger partial charge in [-0.15, -0.1) is 0 Å². The first-order valence-corrected chi connectivity index (χ1v) is 6.05. The Labute approximate surface area is 102 Å². The molecule has 0 aliphatic heterocycles. The zero-order valence-electron chi connectivity index (χ0n) is 10.7. The third-order valence-electron chi connectivity index (χ3n) is 3.41. The average Bonchev–Trinajstić information content (AvgIpc) is 2.36. The molecule has 0 saturated heterocycles. The van der Waals surface area contributed by atoms with Crippen molar-refractivity contribution in [1.82, 2.24) is 10.3 Å². The molecule has 17 heavy (non-hydrogen) atoms. The van der Waals surface area contributed by atoms with E-state index in [1.807, 2.05) is 20.8 Å². The Balaban J connectivity index is 2.89. The highest BCUT2D eigenvalue weighted by molar-refractivity contribution is 5.95. The second-order valence-corrected chi connectivity index (χ2v) is 4.17. The van der Waals surface area contributed by atoms with Crippen LogP contribution in [0.1, 0.15) is 50.5 Å². The minimum Gasteiger partial charge on any atom is -0.505 e. The van der Waals surface area contributed by atoms with Gasteiger partial charge in [0.1, 0.15) is 5.75 Å². The molecule has 94 valence electrons. The fourth-order valence-corrected chi connectivity index (χ4v) is 1.89. The lowest BCUT2D eigenvalue weighted by Crippen LogP contribution is -2.47. The van der Waals surface area contributed by atoms with E-state index in [0.717, 1.165) is 19.3 Å². The van der Waals surface area contributed by atoms with E-state index in [1.165, 1.54) is 12.3 Å². The molecule has 0 radical (unpaired) electrons. The van der Waals surface area contributed by atoms with Crippen LogP contribution in [-0.2, 0) is 0 Å². The van der Waals surface area contributed by atoms with Gasteiger partial charge >= 0.3 is 0 Å². The highest BCUT2D eigenvalue weighted by atomic mass is 16.3. The predicted octanol–water partition coefficient (Wildman–Crippen LogP) is 2.49. The number of aromatic hydroxyl groups is 1. The van der Waals surface area contributed by atoms with Crippen LogP contribution in [0.25, 0.3) is 0 Å². The minimum absolute atomic E-state index is 0.0813. The van der Waals surface area contributed by atoms with Gasteiger partial charge in [-0.25, -0.2) is 4.98 Å². The monoisotopic (exact) mass is 236 g/mol. The number of aromatic nitrogens is 1. The average molecular weight is 236 g/mol. The van der Waals surface area contributed by atoms with Crippen molar-refractivity contribution in [3.05, 3.63) is 24.0 Å². The summed E-state index contributed by atoms with van der Waals surface area (Å²) in [6.45, 7) is 6.14. The van der Waals surface area contributed by atoms with Crippen LogP contribution in [0.2, 0.25) is 0 Å². The summed E-state index contributed by atoms with van der Waals surface area (Å²) in [6, 6.07) is 3.06. The molecule has 0 atom stereocenters. The van der Waals surface area contributed by atoms with Gasteiger partial charge in [-0.05, 0) is 31.4 Å². The quantitative estimate of drug-likeness (QED) is 0.825. The molecule has 1 heterocycles. The van der Waals surface area contributed by atoms with Crippen molar-refractivity contribution in [3.8, 4) is 5.75 Å². The Bertz CT molecular complexity index is 378. The van der Waals surface area contributed by atoms with Crippen molar-refractivity contribution >= 4 is 5.91 Å². The molecule has 4 nitrogen and oxygen atoms in total. The van der Waals surface area contributed by atoms with Crippen molar-refractivity contribution < 1.29 is 9.90 Å². The number of carbonyl (C=O) groups excluding carboxylic acids is 1. The lowest BCUT2D eigenvalue weighted by molar-refractivity contribution is 0.0880. The molecule has 0 unspecified atom stereocenters. The van der Waals surface area contributed by atoms with E-state index in [0.29, 0.717) is 0 Å². The molecule has 1 amide bonds. The van der Waals surface area contributed by atoms with Crippen LogP contribution in [0.15, 0.2) is 18.3 Å². The maximum atomic E-state index is 12.0. The standard InChI is InChI=1S/C13H20N2O2/c1-4-13(5-2,6-3)15-12(17)11-10(16)8-7-9-14-11/h7-9,16H,4-6H2,1-3H3,(H,15,17). The predicted molar refractivity (Wildman–Crippen MR) is 67.0 cm³/mol. The van der Waals surface area contributed by atoms with E-state index in [4.69, 9.17) is 0 Å². The van der Waals surface area contributed by atoms with Gasteiger partial charge in [0.15, 0.2) is 5.69 Å². The number of hydrogen-bond donors (Lipinski definition) is 2. The smallest absolute Gasteiger partial charge is 0.274 e. The van der Waals surface area contributed by atoms with E-state index in [2.05, 4.69) is 10.3 Å². The lowest BCUT2D eigenvalue weighted by atomic mass is 9.89. The molecular formula is C13H20N2O2. The number of hydrogen-bond acceptors (Lipinski definition) is 3. The highest BCUT2D eigenvalue weighted by Gasteiger charge is 2.27. The molecule has 0 aliphatic carbocycles.